The molecule has 0 aromatic heterocycles. The van der Waals surface area contributed by atoms with Crippen molar-refractivity contribution < 1.29 is 322 Å². The molecule has 0 atom stereocenters. The fraction of sp³-hybridized carbons (Fsp3) is 1.00. The fourth-order valence-corrected chi connectivity index (χ4v) is 0. The van der Waals surface area contributed by atoms with Gasteiger partial charge in [0.15, 0.2) is 0 Å². The molecule has 0 aliphatic rings. The quantitative estimate of drug-likeness (QED) is 0.218. The van der Waals surface area contributed by atoms with E-state index >= 15 is 0 Å². The molecule has 0 N–H and O–H groups in total. The smallest absolute Gasteiger partial charge is 0.850 e. The summed E-state index contributed by atoms with van der Waals surface area (Å²) in [5.41, 5.74) is -6.00. The van der Waals surface area contributed by atoms with Crippen LogP contribution in [0.5, 0.6) is 0 Å². The number of hydrogen-bond donors (Lipinski definition) is 0. The molecule has 16 heteroatoms. The van der Waals surface area contributed by atoms with Gasteiger partial charge in [-0.2, -0.15) is 0 Å². The van der Waals surface area contributed by atoms with Gasteiger partial charge in [-0.05, 0) is 0 Å². The van der Waals surface area contributed by atoms with E-state index in [0.29, 0.717) is 0 Å². The summed E-state index contributed by atoms with van der Waals surface area (Å²) in [6.45, 7) is 39.2. The minimum Gasteiger partial charge on any atom is -0.850 e. The Morgan fingerprint density at radius 3 is 0.167 bits per heavy atom. The molecule has 0 spiro atoms. The third-order valence-electron chi connectivity index (χ3n) is 0. The molecule has 0 aromatic rings. The monoisotopic (exact) mass is 768 g/mol. The summed E-state index contributed by atoms with van der Waals surface area (Å²) in [6, 6.07) is 0. The van der Waals surface area contributed by atoms with Gasteiger partial charge >= 0.3 is 281 Å². The van der Waals surface area contributed by atoms with Gasteiger partial charge in [0.2, 0.25) is 0 Å². The molecule has 0 rings (SSSR count). The largest absolute Gasteiger partial charge is 1.00 e. The Morgan fingerprint density at radius 1 is 0.167 bits per heavy atom. The van der Waals surface area contributed by atoms with Gasteiger partial charge in [0.25, 0.3) is 0 Å². The summed E-state index contributed by atoms with van der Waals surface area (Å²) >= 11 is 0. The predicted octanol–water partition coefficient (Wildman–Crippen LogP) is -22.8. The second kappa shape index (κ2) is 51.8. The molecule has 0 bridgehead atoms. The molecule has 0 heterocycles. The first-order valence-corrected chi connectivity index (χ1v) is 13.6. The molecule has 0 radical (unpaired) electrons. The van der Waals surface area contributed by atoms with Gasteiger partial charge in [-0.15, -0.1) is 44.8 Å². The van der Waals surface area contributed by atoms with Crippen LogP contribution in [0.25, 0.3) is 0 Å². The van der Waals surface area contributed by atoms with Gasteiger partial charge < -0.3 is 40.9 Å². The van der Waals surface area contributed by atoms with Crippen LogP contribution in [0, 0.1) is 0 Å². The Hall–Kier alpha value is 8.62. The van der Waals surface area contributed by atoms with Crippen molar-refractivity contribution in [1.29, 1.82) is 0 Å². The zero-order chi connectivity index (χ0) is 36.0. The van der Waals surface area contributed by atoms with Gasteiger partial charge in [0, 0.05) is 0 Å². The second-order valence-corrected chi connectivity index (χ2v) is 16.9. The van der Waals surface area contributed by atoms with Gasteiger partial charge in [0.05, 0.1) is 0 Å². The molecule has 0 aromatic carbocycles. The van der Waals surface area contributed by atoms with E-state index in [2.05, 4.69) is 0 Å². The topological polar surface area (TPSA) is 184 Å². The first-order chi connectivity index (χ1) is 16.0. The molecule has 0 saturated carbocycles. The molecule has 48 heavy (non-hydrogen) atoms. The van der Waals surface area contributed by atoms with E-state index < -0.39 is 44.8 Å². The maximum absolute atomic E-state index is 10.1. The molecule has 0 aliphatic heterocycles. The zero-order valence-corrected chi connectivity index (χ0v) is 51.8. The van der Waals surface area contributed by atoms with Gasteiger partial charge in [-0.3, -0.25) is 0 Å². The average Bonchev–Trinajstić information content (AvgIpc) is 2.16. The van der Waals surface area contributed by atoms with Crippen LogP contribution in [0.2, 0.25) is 0 Å². The molecular formula is C32H72K4Li4O8. The Morgan fingerprint density at radius 2 is 0.167 bits per heavy atom. The molecule has 256 valence electrons. The summed E-state index contributed by atoms with van der Waals surface area (Å²) in [5, 5.41) is 80.8. The Bertz CT molecular complexity index is 336. The Labute approximate surface area is 520 Å². The summed E-state index contributed by atoms with van der Waals surface area (Å²) in [7, 11) is 0. The van der Waals surface area contributed by atoms with Crippen molar-refractivity contribution in [2.45, 2.75) is 211 Å². The molecule has 0 unspecified atom stereocenters. The van der Waals surface area contributed by atoms with E-state index in [9.17, 15) is 40.9 Å². The van der Waals surface area contributed by atoms with Gasteiger partial charge in [0.1, 0.15) is 0 Å². The normalized spacial score (nSPS) is 10.0. The first-order valence-electron chi connectivity index (χ1n) is 13.6. The van der Waals surface area contributed by atoms with E-state index in [-0.39, 0.29) is 281 Å². The summed E-state index contributed by atoms with van der Waals surface area (Å²) in [6.07, 6.45) is 0. The van der Waals surface area contributed by atoms with Gasteiger partial charge in [-0.1, -0.05) is 166 Å². The van der Waals surface area contributed by atoms with E-state index in [1.54, 1.807) is 166 Å². The van der Waals surface area contributed by atoms with Crippen molar-refractivity contribution in [2.24, 2.45) is 0 Å². The molecule has 0 aliphatic carbocycles. The maximum Gasteiger partial charge on any atom is 1.00 e. The minimum absolute atomic E-state index is 0. The van der Waals surface area contributed by atoms with E-state index in [1.807, 2.05) is 0 Å². The van der Waals surface area contributed by atoms with Crippen molar-refractivity contribution in [3.8, 4) is 0 Å². The van der Waals surface area contributed by atoms with Crippen LogP contribution in [0.4, 0.5) is 0 Å². The summed E-state index contributed by atoms with van der Waals surface area (Å²) < 4.78 is 0. The van der Waals surface area contributed by atoms with E-state index in [4.69, 9.17) is 0 Å². The summed E-state index contributed by atoms with van der Waals surface area (Å²) in [4.78, 5) is 0. The minimum atomic E-state index is -0.750. The van der Waals surface area contributed by atoms with Crippen LogP contribution in [-0.2, 0) is 0 Å². The van der Waals surface area contributed by atoms with Crippen LogP contribution < -0.4 is 322 Å². The Balaban J connectivity index is -0.0000000170. The maximum atomic E-state index is 10.1. The van der Waals surface area contributed by atoms with Crippen molar-refractivity contribution in [3.63, 3.8) is 0 Å². The molecular weight excluding hydrogens is 697 g/mol. The first kappa shape index (κ1) is 106. The fourth-order valence-electron chi connectivity index (χ4n) is 0. The van der Waals surface area contributed by atoms with Crippen molar-refractivity contribution in [3.05, 3.63) is 0 Å². The van der Waals surface area contributed by atoms with Crippen molar-refractivity contribution >= 4 is 0 Å². The van der Waals surface area contributed by atoms with Crippen LogP contribution in [0.3, 0.4) is 0 Å². The third-order valence-corrected chi connectivity index (χ3v) is 0. The molecule has 8 nitrogen and oxygen atoms in total. The van der Waals surface area contributed by atoms with Crippen LogP contribution >= 0.6 is 0 Å². The van der Waals surface area contributed by atoms with Gasteiger partial charge in [-0.25, -0.2) is 0 Å². The van der Waals surface area contributed by atoms with Crippen LogP contribution in [-0.4, -0.2) is 44.8 Å². The standard InChI is InChI=1S/8C4H9O.4K.4Li/c8*1-4(2,3)5;;;;;;;;/h8*1-3H3;;;;;;;;/q8*-1;8*+1. The number of rotatable bonds is 0. The second-order valence-electron chi connectivity index (χ2n) is 16.9. The van der Waals surface area contributed by atoms with E-state index in [0.717, 1.165) is 0 Å². The third kappa shape index (κ3) is 2120. The van der Waals surface area contributed by atoms with E-state index in [1.165, 1.54) is 0 Å². The van der Waals surface area contributed by atoms with Crippen LogP contribution in [0.1, 0.15) is 166 Å². The van der Waals surface area contributed by atoms with Crippen LogP contribution in [0.15, 0.2) is 0 Å². The summed E-state index contributed by atoms with van der Waals surface area (Å²) in [5.74, 6) is 0. The molecule has 0 saturated heterocycles. The molecule has 0 fully saturated rings. The predicted molar refractivity (Wildman–Crippen MR) is 158 cm³/mol. The SMILES string of the molecule is CC(C)(C)[O-].CC(C)(C)[O-].CC(C)(C)[O-].CC(C)(C)[O-].CC(C)(C)[O-].CC(C)(C)[O-].CC(C)(C)[O-].CC(C)(C)[O-].[K+].[K+].[K+].[K+].[Li+].[Li+].[Li+].[Li+]. The zero-order valence-electron chi connectivity index (χ0n) is 39.3. The van der Waals surface area contributed by atoms with Crippen molar-refractivity contribution in [2.75, 3.05) is 0 Å². The van der Waals surface area contributed by atoms with Crippen molar-refractivity contribution in [1.82, 2.24) is 0 Å². The Kier molecular flexibility index (Phi) is 114. The number of hydrogen-bond acceptors (Lipinski definition) is 8. The average molecular weight is 769 g/mol. The molecule has 0 amide bonds.